The summed E-state index contributed by atoms with van der Waals surface area (Å²) in [4.78, 5) is 10.3. The number of nitro groups is 1. The van der Waals surface area contributed by atoms with E-state index in [1.54, 1.807) is 11.4 Å². The van der Waals surface area contributed by atoms with E-state index in [1.165, 1.54) is 0 Å². The molecule has 1 aromatic rings. The molecule has 1 rings (SSSR count). The van der Waals surface area contributed by atoms with Crippen molar-refractivity contribution in [3.63, 3.8) is 0 Å². The molecule has 0 aliphatic heterocycles. The topological polar surface area (TPSA) is 61.6 Å². The summed E-state index contributed by atoms with van der Waals surface area (Å²) >= 11 is 1.08. The maximum Gasteiger partial charge on any atom is 0.332 e. The van der Waals surface area contributed by atoms with E-state index in [4.69, 9.17) is 9.47 Å². The monoisotopic (exact) mass is 231 g/mol. The smallest absolute Gasteiger partial charge is 0.332 e. The Labute approximate surface area is 91.8 Å². The average Bonchev–Trinajstić information content (AvgIpc) is 2.65. The first kappa shape index (κ1) is 12.1. The maximum absolute atomic E-state index is 10.7. The molecule has 0 bridgehead atoms. The molecule has 0 radical (unpaired) electrons. The van der Waals surface area contributed by atoms with Gasteiger partial charge >= 0.3 is 5.00 Å². The highest BCUT2D eigenvalue weighted by Crippen LogP contribution is 2.33. The summed E-state index contributed by atoms with van der Waals surface area (Å²) < 4.78 is 10.6. The van der Waals surface area contributed by atoms with Crippen molar-refractivity contribution in [1.29, 1.82) is 0 Å². The van der Waals surface area contributed by atoms with Gasteiger partial charge in [-0.1, -0.05) is 11.3 Å². The molecule has 0 fully saturated rings. The Morgan fingerprint density at radius 3 is 2.53 bits per heavy atom. The third-order valence-electron chi connectivity index (χ3n) is 1.73. The van der Waals surface area contributed by atoms with Crippen molar-refractivity contribution >= 4 is 16.3 Å². The second-order valence-corrected chi connectivity index (χ2v) is 3.58. The van der Waals surface area contributed by atoms with Gasteiger partial charge in [-0.3, -0.25) is 10.1 Å². The maximum atomic E-state index is 10.7. The van der Waals surface area contributed by atoms with Crippen LogP contribution < -0.4 is 0 Å². The van der Waals surface area contributed by atoms with Crippen LogP contribution in [0.1, 0.15) is 25.7 Å². The fourth-order valence-corrected chi connectivity index (χ4v) is 1.90. The van der Waals surface area contributed by atoms with Crippen LogP contribution in [0.5, 0.6) is 0 Å². The van der Waals surface area contributed by atoms with Gasteiger partial charge in [-0.25, -0.2) is 0 Å². The van der Waals surface area contributed by atoms with Crippen LogP contribution in [0.3, 0.4) is 0 Å². The number of ether oxygens (including phenoxy) is 2. The van der Waals surface area contributed by atoms with Crippen LogP contribution in [0.2, 0.25) is 0 Å². The Kier molecular flexibility index (Phi) is 4.67. The minimum Gasteiger partial charge on any atom is -0.348 e. The molecule has 0 saturated heterocycles. The Hall–Kier alpha value is -0.980. The van der Waals surface area contributed by atoms with E-state index < -0.39 is 11.2 Å². The van der Waals surface area contributed by atoms with Crippen LogP contribution in [-0.2, 0) is 9.47 Å². The molecule has 0 spiro atoms. The minimum absolute atomic E-state index is 0.0851. The molecule has 0 amide bonds. The van der Waals surface area contributed by atoms with Crippen LogP contribution in [0.4, 0.5) is 5.00 Å². The van der Waals surface area contributed by atoms with Crippen LogP contribution in [-0.4, -0.2) is 18.1 Å². The van der Waals surface area contributed by atoms with Gasteiger partial charge in [0.1, 0.15) is 0 Å². The Morgan fingerprint density at radius 2 is 2.07 bits per heavy atom. The van der Waals surface area contributed by atoms with Crippen molar-refractivity contribution in [3.05, 3.63) is 27.1 Å². The summed E-state index contributed by atoms with van der Waals surface area (Å²) in [6, 6.07) is 1.67. The van der Waals surface area contributed by atoms with Gasteiger partial charge in [-0.2, -0.15) is 0 Å². The number of hydrogen-bond donors (Lipinski definition) is 0. The van der Waals surface area contributed by atoms with Gasteiger partial charge in [-0.15, -0.1) is 0 Å². The lowest BCUT2D eigenvalue weighted by Gasteiger charge is -2.14. The molecule has 0 aliphatic carbocycles. The molecule has 0 saturated carbocycles. The van der Waals surface area contributed by atoms with Crippen molar-refractivity contribution in [2.24, 2.45) is 0 Å². The lowest BCUT2D eigenvalue weighted by molar-refractivity contribution is -0.382. The first-order valence-electron chi connectivity index (χ1n) is 4.65. The standard InChI is InChI=1S/C9H13NO4S/c1-3-13-9(14-4-2)7-5-6-15-8(7)10(11)12/h5-6,9H,3-4H2,1-2H3. The minimum atomic E-state index is -0.633. The van der Waals surface area contributed by atoms with Crippen molar-refractivity contribution < 1.29 is 14.4 Å². The molecule has 0 N–H and O–H groups in total. The fraction of sp³-hybridized carbons (Fsp3) is 0.556. The third kappa shape index (κ3) is 2.98. The van der Waals surface area contributed by atoms with E-state index in [0.717, 1.165) is 11.3 Å². The van der Waals surface area contributed by atoms with E-state index in [2.05, 4.69) is 0 Å². The molecule has 1 aromatic heterocycles. The van der Waals surface area contributed by atoms with E-state index in [9.17, 15) is 10.1 Å². The fourth-order valence-electron chi connectivity index (χ4n) is 1.17. The van der Waals surface area contributed by atoms with Crippen molar-refractivity contribution in [3.8, 4) is 0 Å². The summed E-state index contributed by atoms with van der Waals surface area (Å²) in [7, 11) is 0. The number of nitrogens with zero attached hydrogens (tertiary/aromatic N) is 1. The second kappa shape index (κ2) is 5.79. The molecule has 84 valence electrons. The Balaban J connectivity index is 2.89. The zero-order valence-corrected chi connectivity index (χ0v) is 9.45. The van der Waals surface area contributed by atoms with Crippen LogP contribution in [0.15, 0.2) is 11.4 Å². The SMILES string of the molecule is CCOC(OCC)c1ccsc1[N+](=O)[O-]. The summed E-state index contributed by atoms with van der Waals surface area (Å²) in [5.41, 5.74) is 0.494. The van der Waals surface area contributed by atoms with Crippen LogP contribution in [0.25, 0.3) is 0 Å². The lowest BCUT2D eigenvalue weighted by atomic mass is 10.3. The van der Waals surface area contributed by atoms with Crippen LogP contribution in [0, 0.1) is 10.1 Å². The van der Waals surface area contributed by atoms with Crippen molar-refractivity contribution in [2.75, 3.05) is 13.2 Å². The molecule has 0 atom stereocenters. The van der Waals surface area contributed by atoms with E-state index in [1.807, 2.05) is 13.8 Å². The molecular formula is C9H13NO4S. The normalized spacial score (nSPS) is 10.9. The van der Waals surface area contributed by atoms with Gasteiger partial charge in [-0.05, 0) is 25.3 Å². The van der Waals surface area contributed by atoms with E-state index in [-0.39, 0.29) is 5.00 Å². The molecule has 0 unspecified atom stereocenters. The zero-order valence-electron chi connectivity index (χ0n) is 8.63. The summed E-state index contributed by atoms with van der Waals surface area (Å²) in [5, 5.41) is 12.5. The Morgan fingerprint density at radius 1 is 1.47 bits per heavy atom. The highest BCUT2D eigenvalue weighted by atomic mass is 32.1. The van der Waals surface area contributed by atoms with Gasteiger partial charge in [0.15, 0.2) is 6.29 Å². The van der Waals surface area contributed by atoms with Crippen molar-refractivity contribution in [2.45, 2.75) is 20.1 Å². The van der Waals surface area contributed by atoms with Gasteiger partial charge < -0.3 is 9.47 Å². The van der Waals surface area contributed by atoms with Gasteiger partial charge in [0.2, 0.25) is 0 Å². The van der Waals surface area contributed by atoms with Gasteiger partial charge in [0.05, 0.1) is 10.5 Å². The predicted molar refractivity (Wildman–Crippen MR) is 57.0 cm³/mol. The number of rotatable bonds is 6. The molecule has 6 heteroatoms. The predicted octanol–water partition coefficient (Wildman–Crippen LogP) is 2.73. The number of hydrogen-bond acceptors (Lipinski definition) is 5. The molecule has 0 aromatic carbocycles. The highest BCUT2D eigenvalue weighted by Gasteiger charge is 2.24. The van der Waals surface area contributed by atoms with Crippen LogP contribution >= 0.6 is 11.3 Å². The summed E-state index contributed by atoms with van der Waals surface area (Å²) in [6.07, 6.45) is -0.633. The number of thiophene rings is 1. The molecule has 0 aliphatic rings. The summed E-state index contributed by atoms with van der Waals surface area (Å²) in [5.74, 6) is 0. The molecule has 1 heterocycles. The molecule has 15 heavy (non-hydrogen) atoms. The van der Waals surface area contributed by atoms with E-state index >= 15 is 0 Å². The Bertz CT molecular complexity index is 320. The first-order valence-corrected chi connectivity index (χ1v) is 5.53. The first-order chi connectivity index (χ1) is 7.20. The highest BCUT2D eigenvalue weighted by molar-refractivity contribution is 7.13. The average molecular weight is 231 g/mol. The van der Waals surface area contributed by atoms with Gasteiger partial charge in [0, 0.05) is 13.2 Å². The van der Waals surface area contributed by atoms with Crippen molar-refractivity contribution in [1.82, 2.24) is 0 Å². The third-order valence-corrected chi connectivity index (χ3v) is 2.61. The lowest BCUT2D eigenvalue weighted by Crippen LogP contribution is -2.09. The van der Waals surface area contributed by atoms with E-state index in [0.29, 0.717) is 18.8 Å². The quantitative estimate of drug-likeness (QED) is 0.429. The zero-order chi connectivity index (χ0) is 11.3. The molecule has 5 nitrogen and oxygen atoms in total. The van der Waals surface area contributed by atoms with Gasteiger partial charge in [0.25, 0.3) is 0 Å². The largest absolute Gasteiger partial charge is 0.348 e. The summed E-state index contributed by atoms with van der Waals surface area (Å²) in [6.45, 7) is 4.56. The second-order valence-electron chi connectivity index (χ2n) is 2.68. The molecular weight excluding hydrogens is 218 g/mol.